The number of hydrogen-bond acceptors (Lipinski definition) is 4. The van der Waals surface area contributed by atoms with Gasteiger partial charge in [-0.15, -0.1) is 0 Å². The first-order valence-electron chi connectivity index (χ1n) is 5.65. The van der Waals surface area contributed by atoms with E-state index in [9.17, 15) is 15.2 Å². The third-order valence-corrected chi connectivity index (χ3v) is 2.68. The number of nitro groups is 1. The van der Waals surface area contributed by atoms with Gasteiger partial charge in [0.05, 0.1) is 4.92 Å². The van der Waals surface area contributed by atoms with Crippen LogP contribution < -0.4 is 0 Å². The van der Waals surface area contributed by atoms with Gasteiger partial charge in [-0.3, -0.25) is 10.1 Å². The van der Waals surface area contributed by atoms with Crippen LogP contribution in [0.15, 0.2) is 47.5 Å². The highest BCUT2D eigenvalue weighted by Gasteiger charge is 2.14. The second-order valence-electron chi connectivity index (χ2n) is 4.02. The number of rotatable bonds is 3. The van der Waals surface area contributed by atoms with Crippen LogP contribution in [0.2, 0.25) is 0 Å². The van der Waals surface area contributed by atoms with Crippen LogP contribution >= 0.6 is 0 Å². The van der Waals surface area contributed by atoms with Crippen LogP contribution in [-0.4, -0.2) is 16.2 Å². The van der Waals surface area contributed by atoms with E-state index in [0.717, 1.165) is 0 Å². The van der Waals surface area contributed by atoms with Crippen molar-refractivity contribution in [3.05, 3.63) is 63.7 Å². The highest BCUT2D eigenvalue weighted by molar-refractivity contribution is 5.86. The molecule has 19 heavy (non-hydrogen) atoms. The molecule has 0 atom stereocenters. The topological polar surface area (TPSA) is 75.7 Å². The van der Waals surface area contributed by atoms with Crippen molar-refractivity contribution in [3.63, 3.8) is 0 Å². The van der Waals surface area contributed by atoms with E-state index in [1.54, 1.807) is 37.3 Å². The summed E-state index contributed by atoms with van der Waals surface area (Å²) in [5, 5.41) is 20.5. The van der Waals surface area contributed by atoms with Crippen LogP contribution in [0.3, 0.4) is 0 Å². The van der Waals surface area contributed by atoms with Crippen LogP contribution in [0, 0.1) is 17.0 Å². The minimum Gasteiger partial charge on any atom is -0.507 e. The fourth-order valence-corrected chi connectivity index (χ4v) is 1.69. The van der Waals surface area contributed by atoms with Crippen molar-refractivity contribution in [2.75, 3.05) is 0 Å². The molecule has 0 spiro atoms. The number of nitro benzene ring substituents is 1. The van der Waals surface area contributed by atoms with Crippen molar-refractivity contribution in [3.8, 4) is 5.75 Å². The van der Waals surface area contributed by atoms with Gasteiger partial charge in [-0.05, 0) is 24.6 Å². The highest BCUT2D eigenvalue weighted by atomic mass is 16.6. The third kappa shape index (κ3) is 2.77. The van der Waals surface area contributed by atoms with Crippen molar-refractivity contribution in [2.45, 2.75) is 6.92 Å². The molecule has 0 bridgehead atoms. The molecule has 0 aliphatic heterocycles. The Kier molecular flexibility index (Phi) is 3.56. The summed E-state index contributed by atoms with van der Waals surface area (Å²) in [5.74, 6) is 0.0856. The zero-order valence-corrected chi connectivity index (χ0v) is 10.3. The third-order valence-electron chi connectivity index (χ3n) is 2.68. The fourth-order valence-electron chi connectivity index (χ4n) is 1.69. The number of nitrogens with zero attached hydrogens (tertiary/aromatic N) is 2. The molecule has 0 aromatic heterocycles. The zero-order chi connectivity index (χ0) is 13.8. The molecule has 0 saturated heterocycles. The summed E-state index contributed by atoms with van der Waals surface area (Å²) in [5.41, 5.74) is 1.48. The molecule has 2 aromatic rings. The number of para-hydroxylation sites is 2. The van der Waals surface area contributed by atoms with E-state index < -0.39 is 4.92 Å². The standard InChI is InChI=1S/C14H12N2O3/c1-10-5-4-7-12(16(18)19)14(10)15-9-11-6-2-3-8-13(11)17/h2-9,17H,1H3. The molecule has 0 aliphatic rings. The molecule has 5 nitrogen and oxygen atoms in total. The summed E-state index contributed by atoms with van der Waals surface area (Å²) >= 11 is 0. The number of phenols is 1. The van der Waals surface area contributed by atoms with Gasteiger partial charge in [0, 0.05) is 17.8 Å². The molecular weight excluding hydrogens is 244 g/mol. The van der Waals surface area contributed by atoms with Gasteiger partial charge in [-0.25, -0.2) is 4.99 Å². The van der Waals surface area contributed by atoms with Gasteiger partial charge >= 0.3 is 0 Å². The predicted molar refractivity (Wildman–Crippen MR) is 73.2 cm³/mol. The van der Waals surface area contributed by atoms with Gasteiger partial charge in [0.1, 0.15) is 11.4 Å². The Balaban J connectivity index is 2.44. The van der Waals surface area contributed by atoms with Gasteiger partial charge in [0.25, 0.3) is 5.69 Å². The molecule has 2 rings (SSSR count). The average molecular weight is 256 g/mol. The summed E-state index contributed by atoms with van der Waals surface area (Å²) in [6.07, 6.45) is 1.42. The first-order valence-corrected chi connectivity index (χ1v) is 5.65. The lowest BCUT2D eigenvalue weighted by Crippen LogP contribution is -1.90. The fraction of sp³-hybridized carbons (Fsp3) is 0.0714. The number of aromatic hydroxyl groups is 1. The Labute approximate surface area is 110 Å². The minimum absolute atomic E-state index is 0.0494. The lowest BCUT2D eigenvalue weighted by Gasteiger charge is -2.01. The Bertz CT molecular complexity index is 651. The summed E-state index contributed by atoms with van der Waals surface area (Å²) in [7, 11) is 0. The van der Waals surface area contributed by atoms with Crippen molar-refractivity contribution in [1.82, 2.24) is 0 Å². The molecule has 0 amide bonds. The maximum Gasteiger partial charge on any atom is 0.295 e. The van der Waals surface area contributed by atoms with Crippen molar-refractivity contribution >= 4 is 17.6 Å². The molecule has 0 fully saturated rings. The molecule has 0 saturated carbocycles. The Hall–Kier alpha value is -2.69. The van der Waals surface area contributed by atoms with E-state index in [-0.39, 0.29) is 11.4 Å². The number of benzene rings is 2. The second-order valence-corrected chi connectivity index (χ2v) is 4.02. The van der Waals surface area contributed by atoms with E-state index in [4.69, 9.17) is 0 Å². The Morgan fingerprint density at radius 1 is 1.21 bits per heavy atom. The van der Waals surface area contributed by atoms with E-state index in [2.05, 4.69) is 4.99 Å². The Morgan fingerprint density at radius 2 is 1.95 bits per heavy atom. The van der Waals surface area contributed by atoms with Gasteiger partial charge in [0.15, 0.2) is 0 Å². The van der Waals surface area contributed by atoms with Gasteiger partial charge < -0.3 is 5.11 Å². The minimum atomic E-state index is -0.468. The SMILES string of the molecule is Cc1cccc([N+](=O)[O-])c1N=Cc1ccccc1O. The van der Waals surface area contributed by atoms with Crippen LogP contribution in [-0.2, 0) is 0 Å². The van der Waals surface area contributed by atoms with Crippen LogP contribution in [0.4, 0.5) is 11.4 Å². The maximum absolute atomic E-state index is 10.9. The summed E-state index contributed by atoms with van der Waals surface area (Å²) in [6.45, 7) is 1.75. The number of aryl methyl sites for hydroxylation is 1. The van der Waals surface area contributed by atoms with Crippen molar-refractivity contribution in [2.24, 2.45) is 4.99 Å². The van der Waals surface area contributed by atoms with Crippen LogP contribution in [0.1, 0.15) is 11.1 Å². The lowest BCUT2D eigenvalue weighted by molar-refractivity contribution is -0.384. The van der Waals surface area contributed by atoms with Crippen molar-refractivity contribution in [1.29, 1.82) is 0 Å². The molecule has 0 aliphatic carbocycles. The zero-order valence-electron chi connectivity index (χ0n) is 10.3. The smallest absolute Gasteiger partial charge is 0.295 e. The molecule has 0 unspecified atom stereocenters. The largest absolute Gasteiger partial charge is 0.507 e. The normalized spacial score (nSPS) is 10.8. The van der Waals surface area contributed by atoms with E-state index in [1.807, 2.05) is 0 Å². The Morgan fingerprint density at radius 3 is 2.63 bits per heavy atom. The highest BCUT2D eigenvalue weighted by Crippen LogP contribution is 2.30. The molecule has 0 heterocycles. The summed E-state index contributed by atoms with van der Waals surface area (Å²) < 4.78 is 0. The van der Waals surface area contributed by atoms with Gasteiger partial charge in [0.2, 0.25) is 0 Å². The van der Waals surface area contributed by atoms with Crippen LogP contribution in [0.25, 0.3) is 0 Å². The van der Waals surface area contributed by atoms with Gasteiger partial charge in [-0.2, -0.15) is 0 Å². The van der Waals surface area contributed by atoms with E-state index in [1.165, 1.54) is 18.3 Å². The second kappa shape index (κ2) is 5.30. The molecule has 2 aromatic carbocycles. The molecule has 96 valence electrons. The summed E-state index contributed by atoms with van der Waals surface area (Å²) in [6, 6.07) is 11.5. The molecule has 1 N–H and O–H groups in total. The maximum atomic E-state index is 10.9. The predicted octanol–water partition coefficient (Wildman–Crippen LogP) is 3.36. The average Bonchev–Trinajstić information content (AvgIpc) is 2.38. The molecule has 0 radical (unpaired) electrons. The number of aliphatic imine (C=N–C) groups is 1. The first-order chi connectivity index (χ1) is 9.09. The monoisotopic (exact) mass is 256 g/mol. The van der Waals surface area contributed by atoms with Gasteiger partial charge in [-0.1, -0.05) is 24.3 Å². The van der Waals surface area contributed by atoms with E-state index >= 15 is 0 Å². The quantitative estimate of drug-likeness (QED) is 0.519. The number of phenolic OH excluding ortho intramolecular Hbond substituents is 1. The first kappa shape index (κ1) is 12.8. The summed E-state index contributed by atoms with van der Waals surface area (Å²) in [4.78, 5) is 14.6. The number of hydrogen-bond donors (Lipinski definition) is 1. The molecular formula is C14H12N2O3. The van der Waals surface area contributed by atoms with Crippen LogP contribution in [0.5, 0.6) is 5.75 Å². The lowest BCUT2D eigenvalue weighted by atomic mass is 10.1. The van der Waals surface area contributed by atoms with E-state index in [0.29, 0.717) is 16.8 Å². The molecule has 5 heteroatoms. The van der Waals surface area contributed by atoms with Crippen molar-refractivity contribution < 1.29 is 10.0 Å².